The summed E-state index contributed by atoms with van der Waals surface area (Å²) >= 11 is 0. The molecule has 0 aromatic heterocycles. The number of benzene rings is 1. The van der Waals surface area contributed by atoms with Crippen molar-refractivity contribution in [3.63, 3.8) is 0 Å². The third-order valence-corrected chi connectivity index (χ3v) is 4.32. The summed E-state index contributed by atoms with van der Waals surface area (Å²) in [6.45, 7) is 6.77. The molecule has 0 spiro atoms. The van der Waals surface area contributed by atoms with Gasteiger partial charge in [-0.3, -0.25) is 14.5 Å². The molecular formula is C20H25F2NO5. The Kier molecular flexibility index (Phi) is 6.74. The van der Waals surface area contributed by atoms with Gasteiger partial charge in [-0.15, -0.1) is 0 Å². The van der Waals surface area contributed by atoms with Crippen molar-refractivity contribution >= 4 is 17.8 Å². The third-order valence-electron chi connectivity index (χ3n) is 4.32. The quantitative estimate of drug-likeness (QED) is 0.561. The van der Waals surface area contributed by atoms with Crippen molar-refractivity contribution in [2.75, 3.05) is 13.2 Å². The van der Waals surface area contributed by atoms with E-state index in [1.54, 1.807) is 27.7 Å². The van der Waals surface area contributed by atoms with Crippen LogP contribution in [-0.4, -0.2) is 47.5 Å². The molecule has 2 atom stereocenters. The summed E-state index contributed by atoms with van der Waals surface area (Å²) in [4.78, 5) is 38.1. The van der Waals surface area contributed by atoms with Crippen LogP contribution in [0.2, 0.25) is 0 Å². The Bertz CT molecular complexity index is 759. The summed E-state index contributed by atoms with van der Waals surface area (Å²) in [5.41, 5.74) is -0.714. The summed E-state index contributed by atoms with van der Waals surface area (Å²) in [5.74, 6) is -3.05. The highest BCUT2D eigenvalue weighted by Gasteiger charge is 2.43. The zero-order valence-corrected chi connectivity index (χ0v) is 16.5. The largest absolute Gasteiger partial charge is 0.466 e. The molecule has 1 aliphatic rings. The van der Waals surface area contributed by atoms with E-state index < -0.39 is 53.5 Å². The standard InChI is InChI=1S/C20H25F2NO5/c1-5-27-18(25)10-17(24)16-8-12(14-9-13(21)6-7-15(14)22)11-23(16)19(26)28-20(2,3)4/h6-7,9,12,16H,5,8,10-11H2,1-4H3/t12-,16+/m0/s1. The van der Waals surface area contributed by atoms with Gasteiger partial charge in [0, 0.05) is 12.5 Å². The maximum absolute atomic E-state index is 14.2. The smallest absolute Gasteiger partial charge is 0.410 e. The van der Waals surface area contributed by atoms with E-state index in [4.69, 9.17) is 9.47 Å². The molecule has 0 bridgehead atoms. The molecule has 8 heteroatoms. The Hall–Kier alpha value is -2.51. The molecule has 1 fully saturated rings. The first kappa shape index (κ1) is 21.8. The van der Waals surface area contributed by atoms with Crippen molar-refractivity contribution in [2.24, 2.45) is 0 Å². The number of amides is 1. The first-order chi connectivity index (χ1) is 13.0. The van der Waals surface area contributed by atoms with Crippen LogP contribution in [0.25, 0.3) is 0 Å². The number of ketones is 1. The molecule has 2 rings (SSSR count). The third kappa shape index (κ3) is 5.50. The molecule has 154 valence electrons. The Morgan fingerprint density at radius 1 is 1.21 bits per heavy atom. The summed E-state index contributed by atoms with van der Waals surface area (Å²) in [5, 5.41) is 0. The van der Waals surface area contributed by atoms with Crippen LogP contribution in [0.1, 0.15) is 52.0 Å². The summed E-state index contributed by atoms with van der Waals surface area (Å²) in [6, 6.07) is 2.09. The summed E-state index contributed by atoms with van der Waals surface area (Å²) in [7, 11) is 0. The van der Waals surface area contributed by atoms with Gasteiger partial charge in [-0.2, -0.15) is 0 Å². The number of rotatable bonds is 5. The van der Waals surface area contributed by atoms with Gasteiger partial charge in [0.1, 0.15) is 23.7 Å². The predicted octanol–water partition coefficient (Wildman–Crippen LogP) is 3.58. The minimum Gasteiger partial charge on any atom is -0.466 e. The number of ether oxygens (including phenoxy) is 2. The van der Waals surface area contributed by atoms with E-state index in [0.717, 1.165) is 18.2 Å². The molecule has 1 amide bonds. The van der Waals surface area contributed by atoms with Crippen LogP contribution in [0.5, 0.6) is 0 Å². The first-order valence-electron chi connectivity index (χ1n) is 9.14. The van der Waals surface area contributed by atoms with Crippen molar-refractivity contribution in [1.82, 2.24) is 4.90 Å². The molecule has 0 saturated carbocycles. The monoisotopic (exact) mass is 397 g/mol. The first-order valence-corrected chi connectivity index (χ1v) is 9.14. The molecule has 1 aromatic carbocycles. The van der Waals surface area contributed by atoms with E-state index in [1.165, 1.54) is 4.90 Å². The lowest BCUT2D eigenvalue weighted by atomic mass is 9.94. The highest BCUT2D eigenvalue weighted by molar-refractivity contribution is 6.00. The highest BCUT2D eigenvalue weighted by atomic mass is 19.1. The molecule has 1 aliphatic heterocycles. The SMILES string of the molecule is CCOC(=O)CC(=O)[C@H]1C[C@H](c2cc(F)ccc2F)CN1C(=O)OC(C)(C)C. The number of hydrogen-bond donors (Lipinski definition) is 0. The molecule has 28 heavy (non-hydrogen) atoms. The van der Waals surface area contributed by atoms with Crippen molar-refractivity contribution in [3.8, 4) is 0 Å². The van der Waals surface area contributed by atoms with Gasteiger partial charge in [-0.25, -0.2) is 13.6 Å². The van der Waals surface area contributed by atoms with Crippen molar-refractivity contribution in [2.45, 2.75) is 58.1 Å². The Balaban J connectivity index is 2.27. The fourth-order valence-electron chi connectivity index (χ4n) is 3.19. The molecule has 1 saturated heterocycles. The van der Waals surface area contributed by atoms with Crippen LogP contribution in [0, 0.1) is 11.6 Å². The number of hydrogen-bond acceptors (Lipinski definition) is 5. The average Bonchev–Trinajstić information content (AvgIpc) is 3.01. The van der Waals surface area contributed by atoms with Gasteiger partial charge in [-0.05, 0) is 57.9 Å². The molecule has 0 unspecified atom stereocenters. The number of halogens is 2. The van der Waals surface area contributed by atoms with Crippen LogP contribution in [0.3, 0.4) is 0 Å². The van der Waals surface area contributed by atoms with E-state index in [9.17, 15) is 23.2 Å². The van der Waals surface area contributed by atoms with Crippen LogP contribution < -0.4 is 0 Å². The number of likely N-dealkylation sites (tertiary alicyclic amines) is 1. The fraction of sp³-hybridized carbons (Fsp3) is 0.550. The zero-order valence-electron chi connectivity index (χ0n) is 16.5. The number of esters is 1. The Morgan fingerprint density at radius 2 is 1.89 bits per heavy atom. The molecule has 6 nitrogen and oxygen atoms in total. The maximum atomic E-state index is 14.2. The molecule has 1 aromatic rings. The Morgan fingerprint density at radius 3 is 2.50 bits per heavy atom. The lowest BCUT2D eigenvalue weighted by Crippen LogP contribution is -2.44. The second kappa shape index (κ2) is 8.67. The van der Waals surface area contributed by atoms with Crippen molar-refractivity contribution in [3.05, 3.63) is 35.4 Å². The predicted molar refractivity (Wildman–Crippen MR) is 96.7 cm³/mol. The minimum atomic E-state index is -0.980. The van der Waals surface area contributed by atoms with E-state index in [0.29, 0.717) is 0 Å². The van der Waals surface area contributed by atoms with E-state index in [-0.39, 0.29) is 25.1 Å². The van der Waals surface area contributed by atoms with Gasteiger partial charge in [0.25, 0.3) is 0 Å². The molecule has 0 aliphatic carbocycles. The van der Waals surface area contributed by atoms with E-state index in [2.05, 4.69) is 0 Å². The van der Waals surface area contributed by atoms with Gasteiger partial charge in [-0.1, -0.05) is 0 Å². The molecule has 0 radical (unpaired) electrons. The number of nitrogens with zero attached hydrogens (tertiary/aromatic N) is 1. The lowest BCUT2D eigenvalue weighted by Gasteiger charge is -2.27. The topological polar surface area (TPSA) is 72.9 Å². The van der Waals surface area contributed by atoms with E-state index >= 15 is 0 Å². The molecule has 0 N–H and O–H groups in total. The van der Waals surface area contributed by atoms with Gasteiger partial charge in [0.05, 0.1) is 12.6 Å². The van der Waals surface area contributed by atoms with Gasteiger partial charge in [0.2, 0.25) is 0 Å². The van der Waals surface area contributed by atoms with E-state index in [1.807, 2.05) is 0 Å². The fourth-order valence-corrected chi connectivity index (χ4v) is 3.19. The second-order valence-electron chi connectivity index (χ2n) is 7.70. The second-order valence-corrected chi connectivity index (χ2v) is 7.70. The molecular weight excluding hydrogens is 372 g/mol. The normalized spacial score (nSPS) is 19.4. The van der Waals surface area contributed by atoms with Crippen LogP contribution >= 0.6 is 0 Å². The van der Waals surface area contributed by atoms with Gasteiger partial charge < -0.3 is 9.47 Å². The Labute approximate surface area is 162 Å². The summed E-state index contributed by atoms with van der Waals surface area (Å²) < 4.78 is 37.9. The number of Topliss-reactive ketones (excluding diaryl/α,β-unsaturated/α-hetero) is 1. The average molecular weight is 397 g/mol. The zero-order chi connectivity index (χ0) is 21.1. The minimum absolute atomic E-state index is 0.0193. The highest BCUT2D eigenvalue weighted by Crippen LogP contribution is 2.35. The van der Waals surface area contributed by atoms with Crippen molar-refractivity contribution < 1.29 is 32.6 Å². The van der Waals surface area contributed by atoms with Gasteiger partial charge in [0.15, 0.2) is 5.78 Å². The maximum Gasteiger partial charge on any atom is 0.410 e. The van der Waals surface area contributed by atoms with Crippen LogP contribution in [-0.2, 0) is 19.1 Å². The summed E-state index contributed by atoms with van der Waals surface area (Å²) in [6.07, 6.45) is -1.18. The lowest BCUT2D eigenvalue weighted by molar-refractivity contribution is -0.146. The van der Waals surface area contributed by atoms with Crippen molar-refractivity contribution in [1.29, 1.82) is 0 Å². The van der Waals surface area contributed by atoms with Crippen LogP contribution in [0.15, 0.2) is 18.2 Å². The molecule has 1 heterocycles. The number of carbonyl (C=O) groups is 3. The van der Waals surface area contributed by atoms with Crippen LogP contribution in [0.4, 0.5) is 13.6 Å². The van der Waals surface area contributed by atoms with Gasteiger partial charge >= 0.3 is 12.1 Å². The number of carbonyl (C=O) groups excluding carboxylic acids is 3.